The maximum absolute atomic E-state index is 12.3. The molecule has 1 aromatic carbocycles. The van der Waals surface area contributed by atoms with Crippen molar-refractivity contribution < 1.29 is 4.79 Å². The van der Waals surface area contributed by atoms with Crippen LogP contribution in [0, 0.1) is 5.92 Å². The summed E-state index contributed by atoms with van der Waals surface area (Å²) in [6.07, 6.45) is 3.07. The Bertz CT molecular complexity index is 404. The van der Waals surface area contributed by atoms with Gasteiger partial charge in [0.05, 0.1) is 12.0 Å². The van der Waals surface area contributed by atoms with Gasteiger partial charge in [-0.25, -0.2) is 0 Å². The highest BCUT2D eigenvalue weighted by atomic mass is 16.2. The molecule has 0 radical (unpaired) electrons. The molecule has 104 valence electrons. The van der Waals surface area contributed by atoms with Gasteiger partial charge in [0.1, 0.15) is 0 Å². The van der Waals surface area contributed by atoms with Gasteiger partial charge in [0.15, 0.2) is 0 Å². The lowest BCUT2D eigenvalue weighted by molar-refractivity contribution is -0.127. The minimum Gasteiger partial charge on any atom is -0.349 e. The Balaban J connectivity index is 1.96. The summed E-state index contributed by atoms with van der Waals surface area (Å²) in [4.78, 5) is 14.6. The molecule has 2 atom stereocenters. The van der Waals surface area contributed by atoms with Gasteiger partial charge in [0.2, 0.25) is 5.91 Å². The van der Waals surface area contributed by atoms with Gasteiger partial charge < -0.3 is 10.2 Å². The summed E-state index contributed by atoms with van der Waals surface area (Å²) in [5.41, 5.74) is 1.20. The molecular formula is C16H24N2O. The summed E-state index contributed by atoms with van der Waals surface area (Å²) in [5, 5.41) is 3.21. The van der Waals surface area contributed by atoms with Crippen LogP contribution in [0.5, 0.6) is 0 Å². The largest absolute Gasteiger partial charge is 0.349 e. The van der Waals surface area contributed by atoms with Crippen molar-refractivity contribution in [1.29, 1.82) is 0 Å². The van der Waals surface area contributed by atoms with Crippen LogP contribution in [-0.4, -0.2) is 30.9 Å². The van der Waals surface area contributed by atoms with Gasteiger partial charge in [-0.3, -0.25) is 4.79 Å². The first-order chi connectivity index (χ1) is 9.20. The molecule has 0 aliphatic carbocycles. The standard InChI is InChI=1S/C16H24N2O/c1-3-15(13-8-5-4-6-9-13)17-16(19)14-10-7-11-18(2)12-14/h4-6,8-9,14-15H,3,7,10-12H2,1-2H3,(H,17,19)/t14-,15-/m1/s1. The fourth-order valence-electron chi connectivity index (χ4n) is 2.78. The van der Waals surface area contributed by atoms with Gasteiger partial charge in [-0.05, 0) is 38.4 Å². The Labute approximate surface area is 116 Å². The Morgan fingerprint density at radius 3 is 2.79 bits per heavy atom. The predicted molar refractivity (Wildman–Crippen MR) is 77.8 cm³/mol. The number of piperidine rings is 1. The normalized spacial score (nSPS) is 21.9. The van der Waals surface area contributed by atoms with Gasteiger partial charge in [-0.2, -0.15) is 0 Å². The molecule has 0 unspecified atom stereocenters. The molecule has 0 aromatic heterocycles. The SMILES string of the molecule is CC[C@@H](NC(=O)[C@@H]1CCCN(C)C1)c1ccccc1. The zero-order chi connectivity index (χ0) is 13.7. The van der Waals surface area contributed by atoms with Gasteiger partial charge in [-0.1, -0.05) is 37.3 Å². The third-order valence-corrected chi connectivity index (χ3v) is 3.92. The molecule has 19 heavy (non-hydrogen) atoms. The van der Waals surface area contributed by atoms with Gasteiger partial charge in [0, 0.05) is 6.54 Å². The Morgan fingerprint density at radius 2 is 2.16 bits per heavy atom. The van der Waals surface area contributed by atoms with Crippen molar-refractivity contribution in [2.75, 3.05) is 20.1 Å². The molecule has 1 N–H and O–H groups in total. The van der Waals surface area contributed by atoms with E-state index >= 15 is 0 Å². The number of nitrogens with one attached hydrogen (secondary N) is 1. The number of nitrogens with zero attached hydrogens (tertiary/aromatic N) is 1. The van der Waals surface area contributed by atoms with Gasteiger partial charge in [-0.15, -0.1) is 0 Å². The molecule has 0 saturated carbocycles. The van der Waals surface area contributed by atoms with E-state index in [9.17, 15) is 4.79 Å². The molecule has 1 aromatic rings. The average molecular weight is 260 g/mol. The quantitative estimate of drug-likeness (QED) is 0.902. The summed E-state index contributed by atoms with van der Waals surface area (Å²) in [7, 11) is 2.09. The molecule has 3 heteroatoms. The van der Waals surface area contributed by atoms with Crippen LogP contribution in [0.3, 0.4) is 0 Å². The van der Waals surface area contributed by atoms with E-state index in [2.05, 4.69) is 36.3 Å². The molecule has 1 heterocycles. The summed E-state index contributed by atoms with van der Waals surface area (Å²) in [6.45, 7) is 4.11. The smallest absolute Gasteiger partial charge is 0.224 e. The molecule has 1 saturated heterocycles. The van der Waals surface area contributed by atoms with Crippen molar-refractivity contribution in [1.82, 2.24) is 10.2 Å². The van der Waals surface area contributed by atoms with E-state index in [-0.39, 0.29) is 17.9 Å². The topological polar surface area (TPSA) is 32.3 Å². The minimum atomic E-state index is 0.140. The van der Waals surface area contributed by atoms with E-state index in [4.69, 9.17) is 0 Å². The van der Waals surface area contributed by atoms with Crippen LogP contribution >= 0.6 is 0 Å². The van der Waals surface area contributed by atoms with E-state index in [1.165, 1.54) is 5.56 Å². The van der Waals surface area contributed by atoms with Crippen LogP contribution in [0.1, 0.15) is 37.8 Å². The second-order valence-corrected chi connectivity index (χ2v) is 5.48. The number of amides is 1. The van der Waals surface area contributed by atoms with Crippen molar-refractivity contribution in [3.63, 3.8) is 0 Å². The van der Waals surface area contributed by atoms with Crippen LogP contribution in [0.4, 0.5) is 0 Å². The fraction of sp³-hybridized carbons (Fsp3) is 0.562. The van der Waals surface area contributed by atoms with Crippen LogP contribution in [0.25, 0.3) is 0 Å². The summed E-state index contributed by atoms with van der Waals surface area (Å²) in [6, 6.07) is 10.4. The van der Waals surface area contributed by atoms with E-state index < -0.39 is 0 Å². The first kappa shape index (κ1) is 14.1. The van der Waals surface area contributed by atoms with E-state index in [1.54, 1.807) is 0 Å². The first-order valence-corrected chi connectivity index (χ1v) is 7.24. The number of benzene rings is 1. The third-order valence-electron chi connectivity index (χ3n) is 3.92. The minimum absolute atomic E-state index is 0.140. The lowest BCUT2D eigenvalue weighted by Gasteiger charge is -2.30. The molecule has 1 aliphatic heterocycles. The first-order valence-electron chi connectivity index (χ1n) is 7.24. The second-order valence-electron chi connectivity index (χ2n) is 5.48. The molecule has 1 fully saturated rings. The number of carbonyl (C=O) groups excluding carboxylic acids is 1. The van der Waals surface area contributed by atoms with Gasteiger partial charge >= 0.3 is 0 Å². The maximum Gasteiger partial charge on any atom is 0.224 e. The number of carbonyl (C=O) groups is 1. The third kappa shape index (κ3) is 3.80. The summed E-state index contributed by atoms with van der Waals surface area (Å²) < 4.78 is 0. The molecule has 1 amide bonds. The van der Waals surface area contributed by atoms with Crippen molar-refractivity contribution in [2.24, 2.45) is 5.92 Å². The zero-order valence-electron chi connectivity index (χ0n) is 11.9. The second kappa shape index (κ2) is 6.71. The van der Waals surface area contributed by atoms with Crippen LogP contribution in [-0.2, 0) is 4.79 Å². The molecule has 0 bridgehead atoms. The monoisotopic (exact) mass is 260 g/mol. The number of likely N-dealkylation sites (tertiary alicyclic amines) is 1. The van der Waals surface area contributed by atoms with E-state index in [0.717, 1.165) is 32.4 Å². The molecule has 0 spiro atoms. The lowest BCUT2D eigenvalue weighted by atomic mass is 9.96. The van der Waals surface area contributed by atoms with E-state index in [1.807, 2.05) is 18.2 Å². The molecule has 2 rings (SSSR count). The van der Waals surface area contributed by atoms with E-state index in [0.29, 0.717) is 0 Å². The van der Waals surface area contributed by atoms with Gasteiger partial charge in [0.25, 0.3) is 0 Å². The van der Waals surface area contributed by atoms with Crippen molar-refractivity contribution in [3.05, 3.63) is 35.9 Å². The highest BCUT2D eigenvalue weighted by molar-refractivity contribution is 5.79. The van der Waals surface area contributed by atoms with Crippen molar-refractivity contribution >= 4 is 5.91 Å². The summed E-state index contributed by atoms with van der Waals surface area (Å²) >= 11 is 0. The number of hydrogen-bond donors (Lipinski definition) is 1. The number of hydrogen-bond acceptors (Lipinski definition) is 2. The van der Waals surface area contributed by atoms with Crippen molar-refractivity contribution in [2.45, 2.75) is 32.2 Å². The van der Waals surface area contributed by atoms with Crippen molar-refractivity contribution in [3.8, 4) is 0 Å². The average Bonchev–Trinajstić information content (AvgIpc) is 2.45. The predicted octanol–water partition coefficient (Wildman–Crippen LogP) is 2.60. The molecule has 1 aliphatic rings. The Kier molecular flexibility index (Phi) is 4.97. The van der Waals surface area contributed by atoms with Crippen LogP contribution < -0.4 is 5.32 Å². The Hall–Kier alpha value is -1.35. The number of rotatable bonds is 4. The van der Waals surface area contributed by atoms with Crippen LogP contribution in [0.15, 0.2) is 30.3 Å². The lowest BCUT2D eigenvalue weighted by Crippen LogP contribution is -2.42. The summed E-state index contributed by atoms with van der Waals surface area (Å²) in [5.74, 6) is 0.360. The fourth-order valence-corrected chi connectivity index (χ4v) is 2.78. The highest BCUT2D eigenvalue weighted by Crippen LogP contribution is 2.20. The maximum atomic E-state index is 12.3. The zero-order valence-corrected chi connectivity index (χ0v) is 11.9. The highest BCUT2D eigenvalue weighted by Gasteiger charge is 2.25. The molecule has 3 nitrogen and oxygen atoms in total. The molecular weight excluding hydrogens is 236 g/mol. The Morgan fingerprint density at radius 1 is 1.42 bits per heavy atom. The van der Waals surface area contributed by atoms with Crippen LogP contribution in [0.2, 0.25) is 0 Å².